The van der Waals surface area contributed by atoms with Crippen molar-refractivity contribution in [2.75, 3.05) is 0 Å². The molecule has 5 nitrogen and oxygen atoms in total. The van der Waals surface area contributed by atoms with Crippen molar-refractivity contribution in [3.8, 4) is 11.5 Å². The minimum atomic E-state index is -0.171. The molecule has 0 saturated carbocycles. The Balaban J connectivity index is 2.31. The van der Waals surface area contributed by atoms with Gasteiger partial charge in [-0.05, 0) is 25.0 Å². The van der Waals surface area contributed by atoms with Gasteiger partial charge >= 0.3 is 0 Å². The van der Waals surface area contributed by atoms with E-state index in [9.17, 15) is 0 Å². The third-order valence-electron chi connectivity index (χ3n) is 2.34. The molecular formula is C11H14N4O. The van der Waals surface area contributed by atoms with Crippen LogP contribution in [0.2, 0.25) is 0 Å². The molecule has 0 aromatic carbocycles. The van der Waals surface area contributed by atoms with Gasteiger partial charge in [0.05, 0.1) is 11.6 Å². The first-order chi connectivity index (χ1) is 7.70. The molecule has 2 aromatic rings. The molecule has 0 radical (unpaired) electrons. The van der Waals surface area contributed by atoms with E-state index in [2.05, 4.69) is 15.1 Å². The monoisotopic (exact) mass is 218 g/mol. The topological polar surface area (TPSA) is 77.8 Å². The van der Waals surface area contributed by atoms with Gasteiger partial charge in [-0.2, -0.15) is 4.98 Å². The summed E-state index contributed by atoms with van der Waals surface area (Å²) < 4.78 is 5.15. The van der Waals surface area contributed by atoms with E-state index in [1.807, 2.05) is 19.9 Å². The summed E-state index contributed by atoms with van der Waals surface area (Å²) in [7, 11) is 0. The van der Waals surface area contributed by atoms with Gasteiger partial charge in [-0.15, -0.1) is 0 Å². The largest absolute Gasteiger partial charge is 0.334 e. The SMILES string of the molecule is CCC(N)c1noc(-c2cncc(C)c2)n1. The molecular weight excluding hydrogens is 204 g/mol. The first-order valence-electron chi connectivity index (χ1n) is 5.22. The molecule has 2 aromatic heterocycles. The first-order valence-corrected chi connectivity index (χ1v) is 5.22. The number of aromatic nitrogens is 3. The molecule has 1 unspecified atom stereocenters. The molecule has 2 heterocycles. The van der Waals surface area contributed by atoms with Gasteiger partial charge in [-0.1, -0.05) is 12.1 Å². The Bertz CT molecular complexity index is 480. The van der Waals surface area contributed by atoms with Gasteiger partial charge in [-0.25, -0.2) is 0 Å². The van der Waals surface area contributed by atoms with Crippen molar-refractivity contribution in [3.63, 3.8) is 0 Å². The zero-order valence-corrected chi connectivity index (χ0v) is 9.34. The summed E-state index contributed by atoms with van der Waals surface area (Å²) in [5.41, 5.74) is 7.69. The zero-order chi connectivity index (χ0) is 11.5. The van der Waals surface area contributed by atoms with Crippen molar-refractivity contribution in [1.82, 2.24) is 15.1 Å². The number of nitrogens with zero attached hydrogens (tertiary/aromatic N) is 3. The van der Waals surface area contributed by atoms with Crippen LogP contribution in [0.5, 0.6) is 0 Å². The van der Waals surface area contributed by atoms with Crippen LogP contribution in [0.1, 0.15) is 30.8 Å². The van der Waals surface area contributed by atoms with Gasteiger partial charge < -0.3 is 10.3 Å². The molecule has 0 aliphatic carbocycles. The van der Waals surface area contributed by atoms with Crippen LogP contribution in [0.3, 0.4) is 0 Å². The molecule has 0 saturated heterocycles. The van der Waals surface area contributed by atoms with E-state index >= 15 is 0 Å². The van der Waals surface area contributed by atoms with Crippen LogP contribution in [-0.4, -0.2) is 15.1 Å². The van der Waals surface area contributed by atoms with Gasteiger partial charge in [0.2, 0.25) is 0 Å². The van der Waals surface area contributed by atoms with Crippen molar-refractivity contribution >= 4 is 0 Å². The highest BCUT2D eigenvalue weighted by molar-refractivity contribution is 5.51. The normalized spacial score (nSPS) is 12.7. The predicted molar refractivity (Wildman–Crippen MR) is 59.5 cm³/mol. The summed E-state index contributed by atoms with van der Waals surface area (Å²) in [6.07, 6.45) is 4.26. The predicted octanol–water partition coefficient (Wildman–Crippen LogP) is 1.85. The van der Waals surface area contributed by atoms with Crippen molar-refractivity contribution in [2.24, 2.45) is 5.73 Å². The highest BCUT2D eigenvalue weighted by Crippen LogP contribution is 2.19. The number of pyridine rings is 1. The Kier molecular flexibility index (Phi) is 2.96. The Morgan fingerprint density at radius 3 is 2.94 bits per heavy atom. The molecule has 2 N–H and O–H groups in total. The maximum Gasteiger partial charge on any atom is 0.259 e. The molecule has 1 atom stereocenters. The smallest absolute Gasteiger partial charge is 0.259 e. The van der Waals surface area contributed by atoms with Gasteiger partial charge in [0.15, 0.2) is 5.82 Å². The van der Waals surface area contributed by atoms with Crippen LogP contribution in [0, 0.1) is 6.92 Å². The molecule has 2 rings (SSSR count). The van der Waals surface area contributed by atoms with Crippen LogP contribution in [0.25, 0.3) is 11.5 Å². The summed E-state index contributed by atoms with van der Waals surface area (Å²) in [5.74, 6) is 1.01. The van der Waals surface area contributed by atoms with E-state index in [1.165, 1.54) is 0 Å². The minimum absolute atomic E-state index is 0.171. The van der Waals surface area contributed by atoms with Gasteiger partial charge in [0.1, 0.15) is 0 Å². The standard InChI is InChI=1S/C11H14N4O/c1-3-9(12)10-14-11(16-15-10)8-4-7(2)5-13-6-8/h4-6,9H,3,12H2,1-2H3. The lowest BCUT2D eigenvalue weighted by molar-refractivity contribution is 0.415. The van der Waals surface area contributed by atoms with Crippen LogP contribution in [0.4, 0.5) is 0 Å². The lowest BCUT2D eigenvalue weighted by atomic mass is 10.2. The van der Waals surface area contributed by atoms with Gasteiger partial charge in [0, 0.05) is 12.4 Å². The van der Waals surface area contributed by atoms with E-state index in [-0.39, 0.29) is 6.04 Å². The fraction of sp³-hybridized carbons (Fsp3) is 0.364. The third kappa shape index (κ3) is 2.09. The highest BCUT2D eigenvalue weighted by atomic mass is 16.5. The molecule has 0 aliphatic heterocycles. The molecule has 0 amide bonds. The third-order valence-corrected chi connectivity index (χ3v) is 2.34. The van der Waals surface area contributed by atoms with Crippen molar-refractivity contribution in [2.45, 2.75) is 26.3 Å². The highest BCUT2D eigenvalue weighted by Gasteiger charge is 2.13. The molecule has 0 spiro atoms. The van der Waals surface area contributed by atoms with Crippen LogP contribution in [-0.2, 0) is 0 Å². The van der Waals surface area contributed by atoms with E-state index in [1.54, 1.807) is 12.4 Å². The van der Waals surface area contributed by atoms with E-state index in [0.717, 1.165) is 17.5 Å². The average molecular weight is 218 g/mol. The molecule has 16 heavy (non-hydrogen) atoms. The van der Waals surface area contributed by atoms with Crippen molar-refractivity contribution in [1.29, 1.82) is 0 Å². The summed E-state index contributed by atoms with van der Waals surface area (Å²) >= 11 is 0. The van der Waals surface area contributed by atoms with Crippen LogP contribution >= 0.6 is 0 Å². The van der Waals surface area contributed by atoms with E-state index in [0.29, 0.717) is 11.7 Å². The zero-order valence-electron chi connectivity index (χ0n) is 9.34. The van der Waals surface area contributed by atoms with Crippen molar-refractivity contribution in [3.05, 3.63) is 29.8 Å². The molecule has 0 fully saturated rings. The van der Waals surface area contributed by atoms with Crippen molar-refractivity contribution < 1.29 is 4.52 Å². The average Bonchev–Trinajstić information content (AvgIpc) is 2.77. The van der Waals surface area contributed by atoms with E-state index in [4.69, 9.17) is 10.3 Å². The molecule has 0 aliphatic rings. The fourth-order valence-electron chi connectivity index (χ4n) is 1.36. The fourth-order valence-corrected chi connectivity index (χ4v) is 1.36. The summed E-state index contributed by atoms with van der Waals surface area (Å²) in [5, 5.41) is 3.85. The molecule has 5 heteroatoms. The quantitative estimate of drug-likeness (QED) is 0.850. The lowest BCUT2D eigenvalue weighted by Crippen LogP contribution is -2.10. The molecule has 0 bridgehead atoms. The Morgan fingerprint density at radius 1 is 1.44 bits per heavy atom. The second kappa shape index (κ2) is 4.40. The Hall–Kier alpha value is -1.75. The van der Waals surface area contributed by atoms with E-state index < -0.39 is 0 Å². The Morgan fingerprint density at radius 2 is 2.25 bits per heavy atom. The maximum atomic E-state index is 5.81. The number of hydrogen-bond donors (Lipinski definition) is 1. The summed E-state index contributed by atoms with van der Waals surface area (Å²) in [6.45, 7) is 3.94. The molecule has 84 valence electrons. The Labute approximate surface area is 93.7 Å². The summed E-state index contributed by atoms with van der Waals surface area (Å²) in [4.78, 5) is 8.33. The number of rotatable bonds is 3. The number of aryl methyl sites for hydroxylation is 1. The summed E-state index contributed by atoms with van der Waals surface area (Å²) in [6, 6.07) is 1.78. The second-order valence-electron chi connectivity index (χ2n) is 3.72. The van der Waals surface area contributed by atoms with Crippen LogP contribution in [0.15, 0.2) is 23.0 Å². The first kappa shape index (κ1) is 10.8. The van der Waals surface area contributed by atoms with Gasteiger partial charge in [0.25, 0.3) is 5.89 Å². The lowest BCUT2D eigenvalue weighted by Gasteiger charge is -1.99. The van der Waals surface area contributed by atoms with Gasteiger partial charge in [-0.3, -0.25) is 4.98 Å². The second-order valence-corrected chi connectivity index (χ2v) is 3.72. The number of hydrogen-bond acceptors (Lipinski definition) is 5. The minimum Gasteiger partial charge on any atom is -0.334 e. The van der Waals surface area contributed by atoms with Crippen LogP contribution < -0.4 is 5.73 Å². The number of nitrogens with two attached hydrogens (primary N) is 1. The maximum absolute atomic E-state index is 5.81.